The van der Waals surface area contributed by atoms with E-state index in [0.29, 0.717) is 17.1 Å². The second-order valence-corrected chi connectivity index (χ2v) is 5.96. The summed E-state index contributed by atoms with van der Waals surface area (Å²) in [6.07, 6.45) is -0.292. The fourth-order valence-corrected chi connectivity index (χ4v) is 2.36. The van der Waals surface area contributed by atoms with Gasteiger partial charge in [-0.05, 0) is 42.5 Å². The van der Waals surface area contributed by atoms with Crippen LogP contribution in [0.4, 0.5) is 17.1 Å². The molecule has 0 aliphatic heterocycles. The molecule has 0 saturated carbocycles. The number of nitrogens with one attached hydrogen (secondary N) is 3. The molecule has 0 radical (unpaired) electrons. The van der Waals surface area contributed by atoms with E-state index in [1.54, 1.807) is 42.5 Å². The van der Waals surface area contributed by atoms with Crippen LogP contribution >= 0.6 is 15.9 Å². The van der Waals surface area contributed by atoms with Crippen molar-refractivity contribution in [3.05, 3.63) is 53.0 Å². The number of amides is 3. The van der Waals surface area contributed by atoms with Gasteiger partial charge in [0.05, 0.1) is 0 Å². The number of rotatable bonds is 5. The maximum atomic E-state index is 11.9. The SMILES string of the molecule is CC(=O)Nc1ccc(NC(=O)CC(=O)Nc2cccc(Br)c2)cc1. The Kier molecular flexibility index (Phi) is 6.08. The van der Waals surface area contributed by atoms with Gasteiger partial charge in [0.1, 0.15) is 6.42 Å². The predicted molar refractivity (Wildman–Crippen MR) is 96.8 cm³/mol. The van der Waals surface area contributed by atoms with Crippen molar-refractivity contribution in [3.8, 4) is 0 Å². The number of hydrogen-bond donors (Lipinski definition) is 3. The lowest BCUT2D eigenvalue weighted by Crippen LogP contribution is -2.21. The third-order valence-electron chi connectivity index (χ3n) is 2.92. The molecule has 0 aliphatic carbocycles. The number of benzene rings is 2. The number of carbonyl (C=O) groups is 3. The molecule has 0 saturated heterocycles. The molecule has 0 bridgehead atoms. The molecular formula is C17H16BrN3O3. The normalized spacial score (nSPS) is 9.92. The summed E-state index contributed by atoms with van der Waals surface area (Å²) in [4.78, 5) is 34.7. The van der Waals surface area contributed by atoms with E-state index in [9.17, 15) is 14.4 Å². The van der Waals surface area contributed by atoms with Crippen LogP contribution in [0.25, 0.3) is 0 Å². The van der Waals surface area contributed by atoms with E-state index in [4.69, 9.17) is 0 Å². The number of carbonyl (C=O) groups excluding carboxylic acids is 3. The highest BCUT2D eigenvalue weighted by molar-refractivity contribution is 9.10. The first kappa shape index (κ1) is 17.7. The Balaban J connectivity index is 1.86. The van der Waals surface area contributed by atoms with Crippen molar-refractivity contribution in [2.24, 2.45) is 0 Å². The summed E-state index contributed by atoms with van der Waals surface area (Å²) in [5.41, 5.74) is 1.79. The van der Waals surface area contributed by atoms with Gasteiger partial charge in [-0.1, -0.05) is 22.0 Å². The molecule has 0 spiro atoms. The predicted octanol–water partition coefficient (Wildman–Crippen LogP) is 3.37. The van der Waals surface area contributed by atoms with Gasteiger partial charge in [0, 0.05) is 28.5 Å². The molecule has 2 rings (SSSR count). The molecule has 3 N–H and O–H groups in total. The smallest absolute Gasteiger partial charge is 0.233 e. The lowest BCUT2D eigenvalue weighted by atomic mass is 10.2. The second kappa shape index (κ2) is 8.26. The van der Waals surface area contributed by atoms with Gasteiger partial charge in [-0.3, -0.25) is 14.4 Å². The highest BCUT2D eigenvalue weighted by Gasteiger charge is 2.10. The average molecular weight is 390 g/mol. The minimum Gasteiger partial charge on any atom is -0.326 e. The molecule has 124 valence electrons. The van der Waals surface area contributed by atoms with Crippen molar-refractivity contribution in [2.45, 2.75) is 13.3 Å². The fraction of sp³-hybridized carbons (Fsp3) is 0.118. The van der Waals surface area contributed by atoms with Gasteiger partial charge in [0.2, 0.25) is 17.7 Å². The molecule has 0 aromatic heterocycles. The molecule has 2 aromatic rings. The largest absolute Gasteiger partial charge is 0.326 e. The zero-order valence-electron chi connectivity index (χ0n) is 12.9. The summed E-state index contributed by atoms with van der Waals surface area (Å²) in [7, 11) is 0. The Morgan fingerprint density at radius 2 is 1.38 bits per heavy atom. The van der Waals surface area contributed by atoms with Crippen LogP contribution in [-0.4, -0.2) is 17.7 Å². The van der Waals surface area contributed by atoms with Gasteiger partial charge in [-0.2, -0.15) is 0 Å². The summed E-state index contributed by atoms with van der Waals surface area (Å²) in [5.74, 6) is -0.994. The van der Waals surface area contributed by atoms with Gasteiger partial charge in [0.15, 0.2) is 0 Å². The Bertz CT molecular complexity index is 760. The van der Waals surface area contributed by atoms with Crippen LogP contribution < -0.4 is 16.0 Å². The summed E-state index contributed by atoms with van der Waals surface area (Å²) >= 11 is 3.31. The van der Waals surface area contributed by atoms with E-state index < -0.39 is 11.8 Å². The van der Waals surface area contributed by atoms with Crippen molar-refractivity contribution >= 4 is 50.7 Å². The van der Waals surface area contributed by atoms with Crippen molar-refractivity contribution < 1.29 is 14.4 Å². The van der Waals surface area contributed by atoms with Crippen LogP contribution in [0.1, 0.15) is 13.3 Å². The molecule has 6 nitrogen and oxygen atoms in total. The van der Waals surface area contributed by atoms with E-state index >= 15 is 0 Å². The maximum absolute atomic E-state index is 11.9. The zero-order valence-corrected chi connectivity index (χ0v) is 14.5. The summed E-state index contributed by atoms with van der Waals surface area (Å²) in [6, 6.07) is 13.7. The Labute approximate surface area is 147 Å². The monoisotopic (exact) mass is 389 g/mol. The highest BCUT2D eigenvalue weighted by Crippen LogP contribution is 2.16. The first-order chi connectivity index (χ1) is 11.4. The van der Waals surface area contributed by atoms with Crippen LogP contribution in [0.15, 0.2) is 53.0 Å². The molecule has 7 heteroatoms. The molecule has 0 heterocycles. The third-order valence-corrected chi connectivity index (χ3v) is 3.41. The Morgan fingerprint density at radius 3 is 1.92 bits per heavy atom. The van der Waals surface area contributed by atoms with Crippen LogP contribution in [0.5, 0.6) is 0 Å². The van der Waals surface area contributed by atoms with Crippen molar-refractivity contribution in [2.75, 3.05) is 16.0 Å². The minimum absolute atomic E-state index is 0.170. The van der Waals surface area contributed by atoms with Crippen LogP contribution in [0, 0.1) is 0 Å². The summed E-state index contributed by atoms with van der Waals surface area (Å²) in [6.45, 7) is 1.42. The van der Waals surface area contributed by atoms with Crippen molar-refractivity contribution in [1.82, 2.24) is 0 Å². The van der Waals surface area contributed by atoms with Crippen LogP contribution in [-0.2, 0) is 14.4 Å². The van der Waals surface area contributed by atoms with E-state index in [1.807, 2.05) is 6.07 Å². The van der Waals surface area contributed by atoms with E-state index in [-0.39, 0.29) is 12.3 Å². The molecule has 0 aliphatic rings. The van der Waals surface area contributed by atoms with E-state index in [0.717, 1.165) is 4.47 Å². The molecule has 0 unspecified atom stereocenters. The summed E-state index contributed by atoms with van der Waals surface area (Å²) in [5, 5.41) is 7.91. The van der Waals surface area contributed by atoms with Crippen LogP contribution in [0.2, 0.25) is 0 Å². The first-order valence-corrected chi connectivity index (χ1v) is 7.94. The van der Waals surface area contributed by atoms with Gasteiger partial charge in [-0.15, -0.1) is 0 Å². The number of anilines is 3. The lowest BCUT2D eigenvalue weighted by molar-refractivity contribution is -0.123. The highest BCUT2D eigenvalue weighted by atomic mass is 79.9. The lowest BCUT2D eigenvalue weighted by Gasteiger charge is -2.08. The number of halogens is 1. The number of hydrogen-bond acceptors (Lipinski definition) is 3. The molecule has 0 atom stereocenters. The Morgan fingerprint density at radius 1 is 0.833 bits per heavy atom. The standard InChI is InChI=1S/C17H16BrN3O3/c1-11(22)19-13-5-7-14(8-6-13)20-16(23)10-17(24)21-15-4-2-3-12(18)9-15/h2-9H,10H2,1H3,(H,19,22)(H,20,23)(H,21,24). The fourth-order valence-electron chi connectivity index (χ4n) is 1.96. The van der Waals surface area contributed by atoms with E-state index in [2.05, 4.69) is 31.9 Å². The molecule has 24 heavy (non-hydrogen) atoms. The Hall–Kier alpha value is -2.67. The summed E-state index contributed by atoms with van der Waals surface area (Å²) < 4.78 is 0.837. The quantitative estimate of drug-likeness (QED) is 0.684. The molecule has 3 amide bonds. The molecule has 2 aromatic carbocycles. The van der Waals surface area contributed by atoms with Crippen LogP contribution in [0.3, 0.4) is 0 Å². The average Bonchev–Trinajstić information content (AvgIpc) is 2.48. The van der Waals surface area contributed by atoms with Crippen molar-refractivity contribution in [1.29, 1.82) is 0 Å². The van der Waals surface area contributed by atoms with Gasteiger partial charge >= 0.3 is 0 Å². The first-order valence-electron chi connectivity index (χ1n) is 7.15. The molecule has 0 fully saturated rings. The van der Waals surface area contributed by atoms with Crippen molar-refractivity contribution in [3.63, 3.8) is 0 Å². The van der Waals surface area contributed by atoms with Gasteiger partial charge in [0.25, 0.3) is 0 Å². The topological polar surface area (TPSA) is 87.3 Å². The van der Waals surface area contributed by atoms with E-state index in [1.165, 1.54) is 6.92 Å². The van der Waals surface area contributed by atoms with Gasteiger partial charge in [-0.25, -0.2) is 0 Å². The second-order valence-electron chi connectivity index (χ2n) is 5.04. The maximum Gasteiger partial charge on any atom is 0.233 e. The zero-order chi connectivity index (χ0) is 17.5. The third kappa shape index (κ3) is 5.85. The van der Waals surface area contributed by atoms with Gasteiger partial charge < -0.3 is 16.0 Å². The molecular weight excluding hydrogens is 374 g/mol. The minimum atomic E-state index is -0.422.